The van der Waals surface area contributed by atoms with Crippen molar-refractivity contribution in [1.29, 1.82) is 0 Å². The SMILES string of the molecule is COc1ccccc1-c1oc2c(OC)c(OC)c(OC)c(OC)c2c(=O)c1OC. The molecule has 0 N–H and O–H groups in total. The van der Waals surface area contributed by atoms with Gasteiger partial charge in [-0.1, -0.05) is 12.1 Å². The summed E-state index contributed by atoms with van der Waals surface area (Å²) < 4.78 is 38.8. The molecule has 0 amide bonds. The topological polar surface area (TPSA) is 85.6 Å². The third kappa shape index (κ3) is 3.06. The molecule has 0 aliphatic carbocycles. The predicted molar refractivity (Wildman–Crippen MR) is 107 cm³/mol. The van der Waals surface area contributed by atoms with Crippen LogP contribution in [0.2, 0.25) is 0 Å². The van der Waals surface area contributed by atoms with Crippen molar-refractivity contribution in [2.24, 2.45) is 0 Å². The monoisotopic (exact) mass is 402 g/mol. The van der Waals surface area contributed by atoms with Gasteiger partial charge in [0.1, 0.15) is 11.1 Å². The molecular formula is C21H22O8. The number of hydrogen-bond donors (Lipinski definition) is 0. The van der Waals surface area contributed by atoms with Gasteiger partial charge in [0.05, 0.1) is 48.2 Å². The number of methoxy groups -OCH3 is 6. The molecule has 0 radical (unpaired) electrons. The number of hydrogen-bond acceptors (Lipinski definition) is 8. The lowest BCUT2D eigenvalue weighted by atomic mass is 10.1. The van der Waals surface area contributed by atoms with Crippen molar-refractivity contribution in [2.45, 2.75) is 0 Å². The van der Waals surface area contributed by atoms with Gasteiger partial charge in [-0.2, -0.15) is 0 Å². The normalized spacial score (nSPS) is 10.6. The van der Waals surface area contributed by atoms with Crippen molar-refractivity contribution in [3.63, 3.8) is 0 Å². The smallest absolute Gasteiger partial charge is 0.239 e. The van der Waals surface area contributed by atoms with Crippen LogP contribution in [0.3, 0.4) is 0 Å². The molecule has 154 valence electrons. The lowest BCUT2D eigenvalue weighted by Crippen LogP contribution is -2.11. The van der Waals surface area contributed by atoms with Crippen LogP contribution in [-0.4, -0.2) is 42.7 Å². The van der Waals surface area contributed by atoms with Gasteiger partial charge >= 0.3 is 0 Å². The van der Waals surface area contributed by atoms with Crippen molar-refractivity contribution in [3.8, 4) is 45.8 Å². The van der Waals surface area contributed by atoms with Crippen LogP contribution in [0.25, 0.3) is 22.3 Å². The summed E-state index contributed by atoms with van der Waals surface area (Å²) in [5.74, 6) is 1.48. The van der Waals surface area contributed by atoms with Gasteiger partial charge in [-0.25, -0.2) is 0 Å². The van der Waals surface area contributed by atoms with Crippen molar-refractivity contribution in [2.75, 3.05) is 42.7 Å². The van der Waals surface area contributed by atoms with E-state index in [4.69, 9.17) is 32.8 Å². The molecular weight excluding hydrogens is 380 g/mol. The minimum absolute atomic E-state index is 0.00503. The van der Waals surface area contributed by atoms with E-state index in [0.717, 1.165) is 0 Å². The standard InChI is InChI=1S/C21H22O8/c1-23-12-10-8-7-9-11(12)15-18(25-3)14(22)13-16(24-2)19(26-4)21(28-6)20(27-5)17(13)29-15/h7-10H,1-6H3. The fourth-order valence-corrected chi connectivity index (χ4v) is 3.25. The summed E-state index contributed by atoms with van der Waals surface area (Å²) in [4.78, 5) is 13.4. The van der Waals surface area contributed by atoms with E-state index in [-0.39, 0.29) is 45.5 Å². The van der Waals surface area contributed by atoms with Gasteiger partial charge in [0.2, 0.25) is 28.4 Å². The molecule has 0 saturated heterocycles. The van der Waals surface area contributed by atoms with Gasteiger partial charge in [-0.15, -0.1) is 0 Å². The fraction of sp³-hybridized carbons (Fsp3) is 0.286. The second-order valence-electron chi connectivity index (χ2n) is 5.83. The molecule has 0 bridgehead atoms. The molecule has 0 saturated carbocycles. The molecule has 0 spiro atoms. The number of para-hydroxylation sites is 1. The van der Waals surface area contributed by atoms with Crippen LogP contribution < -0.4 is 33.8 Å². The first kappa shape index (κ1) is 20.2. The summed E-state index contributed by atoms with van der Waals surface area (Å²) in [5.41, 5.74) is 0.223. The Morgan fingerprint density at radius 3 is 1.76 bits per heavy atom. The van der Waals surface area contributed by atoms with E-state index < -0.39 is 5.43 Å². The minimum Gasteiger partial charge on any atom is -0.496 e. The van der Waals surface area contributed by atoms with Crippen molar-refractivity contribution < 1.29 is 32.8 Å². The largest absolute Gasteiger partial charge is 0.496 e. The van der Waals surface area contributed by atoms with Gasteiger partial charge < -0.3 is 32.8 Å². The molecule has 0 unspecified atom stereocenters. The summed E-state index contributed by atoms with van der Waals surface area (Å²) in [6.45, 7) is 0. The quantitative estimate of drug-likeness (QED) is 0.594. The summed E-state index contributed by atoms with van der Waals surface area (Å²) in [5, 5.41) is 0.109. The number of rotatable bonds is 7. The van der Waals surface area contributed by atoms with Gasteiger partial charge in [0.15, 0.2) is 17.1 Å². The third-order valence-electron chi connectivity index (χ3n) is 4.49. The molecule has 29 heavy (non-hydrogen) atoms. The first-order chi connectivity index (χ1) is 14.1. The fourth-order valence-electron chi connectivity index (χ4n) is 3.25. The third-order valence-corrected chi connectivity index (χ3v) is 4.49. The van der Waals surface area contributed by atoms with Crippen LogP contribution in [0.1, 0.15) is 0 Å². The molecule has 0 atom stereocenters. The van der Waals surface area contributed by atoms with Crippen LogP contribution in [0.5, 0.6) is 34.5 Å². The Hall–Kier alpha value is -3.55. The van der Waals surface area contributed by atoms with E-state index in [1.54, 1.807) is 18.2 Å². The minimum atomic E-state index is -0.453. The Balaban J connectivity index is 2.57. The summed E-state index contributed by atoms with van der Waals surface area (Å²) in [6.07, 6.45) is 0. The zero-order valence-corrected chi connectivity index (χ0v) is 17.1. The van der Waals surface area contributed by atoms with E-state index >= 15 is 0 Å². The van der Waals surface area contributed by atoms with E-state index in [1.807, 2.05) is 6.07 Å². The highest BCUT2D eigenvalue weighted by atomic mass is 16.5. The number of ether oxygens (including phenoxy) is 6. The van der Waals surface area contributed by atoms with Crippen LogP contribution >= 0.6 is 0 Å². The van der Waals surface area contributed by atoms with Crippen LogP contribution in [0.15, 0.2) is 33.5 Å². The van der Waals surface area contributed by atoms with Crippen LogP contribution in [0.4, 0.5) is 0 Å². The lowest BCUT2D eigenvalue weighted by Gasteiger charge is -2.19. The van der Waals surface area contributed by atoms with E-state index in [2.05, 4.69) is 0 Å². The predicted octanol–water partition coefficient (Wildman–Crippen LogP) is 3.51. The molecule has 0 aliphatic heterocycles. The Bertz CT molecular complexity index is 1100. The summed E-state index contributed by atoms with van der Waals surface area (Å²) in [6, 6.07) is 7.13. The Morgan fingerprint density at radius 1 is 0.655 bits per heavy atom. The summed E-state index contributed by atoms with van der Waals surface area (Å²) in [7, 11) is 8.67. The first-order valence-electron chi connectivity index (χ1n) is 8.61. The van der Waals surface area contributed by atoms with Crippen LogP contribution in [0, 0.1) is 0 Å². The van der Waals surface area contributed by atoms with Crippen molar-refractivity contribution in [3.05, 3.63) is 34.5 Å². The Morgan fingerprint density at radius 2 is 1.21 bits per heavy atom. The lowest BCUT2D eigenvalue weighted by molar-refractivity contribution is 0.306. The average molecular weight is 402 g/mol. The molecule has 0 fully saturated rings. The molecule has 0 aliphatic rings. The molecule has 8 heteroatoms. The maximum atomic E-state index is 13.4. The molecule has 1 aromatic heterocycles. The highest BCUT2D eigenvalue weighted by Crippen LogP contribution is 2.51. The maximum absolute atomic E-state index is 13.4. The molecule has 8 nitrogen and oxygen atoms in total. The maximum Gasteiger partial charge on any atom is 0.239 e. The molecule has 2 aromatic carbocycles. The Labute approximate surface area is 167 Å². The van der Waals surface area contributed by atoms with E-state index in [9.17, 15) is 4.79 Å². The highest BCUT2D eigenvalue weighted by Gasteiger charge is 2.30. The average Bonchev–Trinajstić information content (AvgIpc) is 2.76. The highest BCUT2D eigenvalue weighted by molar-refractivity contribution is 5.97. The molecule has 3 rings (SSSR count). The number of benzene rings is 2. The molecule has 1 heterocycles. The molecule has 3 aromatic rings. The van der Waals surface area contributed by atoms with E-state index in [1.165, 1.54) is 42.7 Å². The van der Waals surface area contributed by atoms with Gasteiger partial charge in [0, 0.05) is 0 Å². The second kappa shape index (κ2) is 8.22. The van der Waals surface area contributed by atoms with E-state index in [0.29, 0.717) is 11.3 Å². The van der Waals surface area contributed by atoms with Gasteiger partial charge in [-0.3, -0.25) is 4.79 Å². The van der Waals surface area contributed by atoms with Crippen LogP contribution in [-0.2, 0) is 0 Å². The Kier molecular flexibility index (Phi) is 5.72. The van der Waals surface area contributed by atoms with Crippen molar-refractivity contribution in [1.82, 2.24) is 0 Å². The first-order valence-corrected chi connectivity index (χ1v) is 8.61. The second-order valence-corrected chi connectivity index (χ2v) is 5.83. The zero-order chi connectivity index (χ0) is 21.1. The zero-order valence-electron chi connectivity index (χ0n) is 17.1. The number of fused-ring (bicyclic) bond motifs is 1. The van der Waals surface area contributed by atoms with Gasteiger partial charge in [-0.05, 0) is 12.1 Å². The summed E-state index contributed by atoms with van der Waals surface area (Å²) >= 11 is 0. The van der Waals surface area contributed by atoms with Crippen molar-refractivity contribution >= 4 is 11.0 Å². The van der Waals surface area contributed by atoms with Gasteiger partial charge in [0.25, 0.3) is 0 Å².